The van der Waals surface area contributed by atoms with Gasteiger partial charge in [-0.2, -0.15) is 20.1 Å². The average Bonchev–Trinajstić information content (AvgIpc) is 3.07. The Morgan fingerprint density at radius 3 is 1.84 bits per heavy atom. The van der Waals surface area contributed by atoms with Gasteiger partial charge in [-0.3, -0.25) is 0 Å². The molecule has 3 aliphatic heterocycles. The minimum Gasteiger partial charge on any atom is -0.493 e. The van der Waals surface area contributed by atoms with Crippen LogP contribution in [0.3, 0.4) is 0 Å². The number of hydrogen-bond donors (Lipinski definition) is 0. The minimum atomic E-state index is -2.99. The third-order valence-electron chi connectivity index (χ3n) is 17.6. The minimum absolute atomic E-state index is 0.0156. The van der Waals surface area contributed by atoms with Gasteiger partial charge in [0.2, 0.25) is 0 Å². The standard InChI is InChI=1S/C60H59F6N19O2/c1-3-4-20-86-36-9-15-67-52(24-36)80-17-11-33(2)39(28-80)46-25-44(54(63)64)74-59-76-50(78-84(46)59)23-35-12-18-81(56-37-7-5-6-8-42(37)69-31-70-56)30-41(35)48-27-45(55(65)66)75-60-77-51(79-85(48)60)22-34-13-19-82(57-38-14-21-87-49(38)10-16-68-57)29-40(34)47-26-43(53(61)62)73-58-71-32-72-83(47)58/h5-10,14-16,21,24-27,31-35,39-41,53-55H,3-4,11-13,17-20,22-23,28-30H2,1-2H3/t33-,34+,35+,39-,40-,41-/m1/s1. The number of anilines is 3. The second kappa shape index (κ2) is 23.3. The summed E-state index contributed by atoms with van der Waals surface area (Å²) in [6, 6.07) is 19.2. The molecule has 0 spiro atoms. The summed E-state index contributed by atoms with van der Waals surface area (Å²) in [5.41, 5.74) is 1.39. The van der Waals surface area contributed by atoms with Crippen LogP contribution in [0, 0.1) is 17.8 Å². The Balaban J connectivity index is 0.832. The number of ether oxygens (including phenoxy) is 1. The molecule has 3 aliphatic rings. The molecular formula is C60H59F6N19O2. The van der Waals surface area contributed by atoms with Gasteiger partial charge in [0.25, 0.3) is 36.6 Å². The molecule has 0 N–H and O–H groups in total. The highest BCUT2D eigenvalue weighted by Crippen LogP contribution is 2.42. The Hall–Kier alpha value is -9.17. The first-order valence-corrected chi connectivity index (χ1v) is 29.3. The fourth-order valence-corrected chi connectivity index (χ4v) is 13.1. The number of pyridine rings is 2. The van der Waals surface area contributed by atoms with Crippen molar-refractivity contribution in [2.45, 2.75) is 95.8 Å². The van der Waals surface area contributed by atoms with Crippen LogP contribution in [-0.4, -0.2) is 125 Å². The largest absolute Gasteiger partial charge is 0.493 e. The van der Waals surface area contributed by atoms with Crippen molar-refractivity contribution in [3.63, 3.8) is 0 Å². The maximum atomic E-state index is 15.4. The third kappa shape index (κ3) is 10.8. The molecule has 13 heterocycles. The molecule has 21 nitrogen and oxygen atoms in total. The normalized spacial score (nSPS) is 20.5. The van der Waals surface area contributed by atoms with Crippen molar-refractivity contribution in [3.05, 3.63) is 144 Å². The Bertz CT molecular complexity index is 4280. The lowest BCUT2D eigenvalue weighted by Crippen LogP contribution is -2.41. The molecule has 0 unspecified atom stereocenters. The molecule has 0 saturated carbocycles. The number of piperidine rings is 3. The predicted octanol–water partition coefficient (Wildman–Crippen LogP) is 10.8. The van der Waals surface area contributed by atoms with E-state index in [9.17, 15) is 17.6 Å². The number of aromatic nitrogens is 16. The van der Waals surface area contributed by atoms with E-state index in [0.717, 1.165) is 41.4 Å². The van der Waals surface area contributed by atoms with Crippen LogP contribution in [0.25, 0.3) is 39.2 Å². The molecule has 10 aromatic heterocycles. The molecule has 14 rings (SSSR count). The Morgan fingerprint density at radius 1 is 0.575 bits per heavy atom. The summed E-state index contributed by atoms with van der Waals surface area (Å²) in [6.45, 7) is 7.52. The van der Waals surface area contributed by atoms with Gasteiger partial charge in [-0.1, -0.05) is 32.4 Å². The molecular weight excluding hydrogens is 1130 g/mol. The van der Waals surface area contributed by atoms with Crippen molar-refractivity contribution >= 4 is 56.7 Å². The van der Waals surface area contributed by atoms with Gasteiger partial charge in [0.15, 0.2) is 11.6 Å². The smallest absolute Gasteiger partial charge is 0.280 e. The maximum Gasteiger partial charge on any atom is 0.280 e. The van der Waals surface area contributed by atoms with E-state index in [1.54, 1.807) is 29.2 Å². The molecule has 0 aliphatic carbocycles. The molecule has 3 saturated heterocycles. The lowest BCUT2D eigenvalue weighted by atomic mass is 9.80. The second-order valence-corrected chi connectivity index (χ2v) is 22.8. The molecule has 0 amide bonds. The summed E-state index contributed by atoms with van der Waals surface area (Å²) in [5.74, 6) is 1.42. The van der Waals surface area contributed by atoms with Crippen molar-refractivity contribution in [2.24, 2.45) is 17.8 Å². The van der Waals surface area contributed by atoms with Crippen molar-refractivity contribution in [1.82, 2.24) is 78.7 Å². The van der Waals surface area contributed by atoms with E-state index in [2.05, 4.69) is 63.5 Å². The molecule has 0 bridgehead atoms. The fourth-order valence-electron chi connectivity index (χ4n) is 13.1. The van der Waals surface area contributed by atoms with E-state index in [1.807, 2.05) is 42.5 Å². The van der Waals surface area contributed by atoms with Gasteiger partial charge in [-0.15, -0.1) is 10.2 Å². The Kier molecular flexibility index (Phi) is 14.9. The Labute approximate surface area is 492 Å². The van der Waals surface area contributed by atoms with Crippen LogP contribution >= 0.6 is 0 Å². The lowest BCUT2D eigenvalue weighted by Gasteiger charge is -2.39. The number of alkyl halides is 6. The lowest BCUT2D eigenvalue weighted by molar-refractivity contribution is 0.145. The first-order chi connectivity index (χ1) is 42.4. The van der Waals surface area contributed by atoms with Gasteiger partial charge in [0, 0.05) is 93.7 Å². The molecule has 1 aromatic carbocycles. The molecule has 0 radical (unpaired) electrons. The average molecular weight is 1190 g/mol. The van der Waals surface area contributed by atoms with Gasteiger partial charge in [0.05, 0.1) is 40.9 Å². The first kappa shape index (κ1) is 55.7. The number of benzene rings is 1. The molecule has 11 aromatic rings. The zero-order chi connectivity index (χ0) is 59.4. The number of furan rings is 1. The zero-order valence-corrected chi connectivity index (χ0v) is 47.4. The topological polar surface area (TPSA) is 213 Å². The Morgan fingerprint density at radius 2 is 1.17 bits per heavy atom. The van der Waals surface area contributed by atoms with E-state index in [1.165, 1.54) is 39.9 Å². The molecule has 448 valence electrons. The summed E-state index contributed by atoms with van der Waals surface area (Å²) in [7, 11) is 0. The summed E-state index contributed by atoms with van der Waals surface area (Å²) >= 11 is 0. The first-order valence-electron chi connectivity index (χ1n) is 29.3. The van der Waals surface area contributed by atoms with Gasteiger partial charge in [-0.25, -0.2) is 74.8 Å². The van der Waals surface area contributed by atoms with E-state index in [4.69, 9.17) is 39.3 Å². The van der Waals surface area contributed by atoms with Crippen LogP contribution in [0.1, 0.15) is 129 Å². The number of para-hydroxylation sites is 1. The van der Waals surface area contributed by atoms with Gasteiger partial charge >= 0.3 is 0 Å². The van der Waals surface area contributed by atoms with Crippen LogP contribution in [0.15, 0.2) is 102 Å². The molecule has 87 heavy (non-hydrogen) atoms. The number of halogens is 6. The van der Waals surface area contributed by atoms with E-state index >= 15 is 8.78 Å². The SMILES string of the molecule is CCCCOc1ccnc(N2CC[C@@H](C)[C@H](c3cc(C(F)F)nc4nc(C[C@@H]5CCN(c6ncnc7ccccc67)C[C@H]5c5cc(C(F)F)nc6nc(C[C@@H]7CCN(c8nccc9occc89)C[C@H]7c7cc(C(F)F)nc8ncnn78)nn56)nn34)C2)c1. The number of fused-ring (bicyclic) bond motifs is 5. The van der Waals surface area contributed by atoms with E-state index in [0.29, 0.717) is 104 Å². The van der Waals surface area contributed by atoms with Crippen molar-refractivity contribution in [2.75, 3.05) is 60.6 Å². The monoisotopic (exact) mass is 1190 g/mol. The zero-order valence-electron chi connectivity index (χ0n) is 47.4. The van der Waals surface area contributed by atoms with Crippen molar-refractivity contribution in [3.8, 4) is 5.75 Å². The summed E-state index contributed by atoms with van der Waals surface area (Å²) in [4.78, 5) is 51.9. The highest BCUT2D eigenvalue weighted by atomic mass is 19.3. The fraction of sp³-hybridized carbons (Fsp3) is 0.417. The second-order valence-electron chi connectivity index (χ2n) is 22.8. The van der Waals surface area contributed by atoms with Gasteiger partial charge in [0.1, 0.15) is 58.5 Å². The van der Waals surface area contributed by atoms with Crippen molar-refractivity contribution in [1.29, 1.82) is 0 Å². The number of rotatable bonds is 17. The van der Waals surface area contributed by atoms with E-state index in [-0.39, 0.29) is 60.4 Å². The predicted molar refractivity (Wildman–Crippen MR) is 308 cm³/mol. The van der Waals surface area contributed by atoms with Crippen LogP contribution in [-0.2, 0) is 12.8 Å². The summed E-state index contributed by atoms with van der Waals surface area (Å²) in [6.07, 6.45) is 3.00. The van der Waals surface area contributed by atoms with Gasteiger partial charge < -0.3 is 23.9 Å². The molecule has 6 atom stereocenters. The van der Waals surface area contributed by atoms with Crippen molar-refractivity contribution < 1.29 is 35.5 Å². The summed E-state index contributed by atoms with van der Waals surface area (Å²) in [5, 5.41) is 16.2. The number of unbranched alkanes of at least 4 members (excludes halogenated alkanes) is 1. The maximum absolute atomic E-state index is 15.4. The van der Waals surface area contributed by atoms with Crippen LogP contribution < -0.4 is 19.4 Å². The number of nitrogens with zero attached hydrogens (tertiary/aromatic N) is 19. The molecule has 27 heteroatoms. The van der Waals surface area contributed by atoms with Gasteiger partial charge in [-0.05, 0) is 92.0 Å². The number of hydrogen-bond acceptors (Lipinski definition) is 18. The third-order valence-corrected chi connectivity index (χ3v) is 17.6. The van der Waals surface area contributed by atoms with Crippen LogP contribution in [0.5, 0.6) is 5.75 Å². The quantitative estimate of drug-likeness (QED) is 0.0612. The van der Waals surface area contributed by atoms with Crippen LogP contribution in [0.2, 0.25) is 0 Å². The highest BCUT2D eigenvalue weighted by molar-refractivity contribution is 5.89. The van der Waals surface area contributed by atoms with E-state index < -0.39 is 48.2 Å². The highest BCUT2D eigenvalue weighted by Gasteiger charge is 2.40. The van der Waals surface area contributed by atoms with Crippen LogP contribution in [0.4, 0.5) is 43.8 Å². The molecule has 3 fully saturated rings. The summed E-state index contributed by atoms with van der Waals surface area (Å²) < 4.78 is 106.